The van der Waals surface area contributed by atoms with E-state index in [0.717, 1.165) is 24.2 Å². The highest BCUT2D eigenvalue weighted by molar-refractivity contribution is 6.05. The number of nitrogens with zero attached hydrogens (tertiary/aromatic N) is 1. The quantitative estimate of drug-likeness (QED) is 0.477. The minimum Gasteiger partial charge on any atom is -0.497 e. The number of guanidine groups is 1. The lowest BCUT2D eigenvalue weighted by Crippen LogP contribution is -2.37. The zero-order valence-electron chi connectivity index (χ0n) is 15.9. The molecule has 1 fully saturated rings. The lowest BCUT2D eigenvalue weighted by Gasteiger charge is -2.10. The smallest absolute Gasteiger partial charge is 0.257 e. The standard InChI is InChI=1S/C22H23N3O3/c1-27-18-10-6-16(7-11-18)20(14-5-15-3-4-15)24-22(23)25-21(26)17-8-12-19(28-2)13-9-17/h6-13,15,20H,3-4H2,1-2H3,(H3,23,24,25,26). The topological polar surface area (TPSA) is 85.9 Å². The highest BCUT2D eigenvalue weighted by atomic mass is 16.5. The zero-order valence-corrected chi connectivity index (χ0v) is 15.9. The molecular weight excluding hydrogens is 354 g/mol. The number of methoxy groups -OCH3 is 2. The van der Waals surface area contributed by atoms with Gasteiger partial charge in [0.1, 0.15) is 17.5 Å². The Bertz CT molecular complexity index is 905. The molecule has 0 aliphatic heterocycles. The fourth-order valence-electron chi connectivity index (χ4n) is 2.50. The number of aliphatic imine (C=N–C) groups is 1. The summed E-state index contributed by atoms with van der Waals surface area (Å²) in [4.78, 5) is 16.8. The molecule has 0 radical (unpaired) electrons. The number of carbonyl (C=O) groups is 1. The van der Waals surface area contributed by atoms with E-state index in [4.69, 9.17) is 15.2 Å². The van der Waals surface area contributed by atoms with Crippen LogP contribution in [0.3, 0.4) is 0 Å². The first-order valence-corrected chi connectivity index (χ1v) is 9.02. The number of nitrogens with two attached hydrogens (primary N) is 1. The number of hydrogen-bond donors (Lipinski definition) is 2. The van der Waals surface area contributed by atoms with Crippen molar-refractivity contribution in [1.29, 1.82) is 0 Å². The van der Waals surface area contributed by atoms with Crippen molar-refractivity contribution in [2.24, 2.45) is 16.6 Å². The Morgan fingerprint density at radius 1 is 1.07 bits per heavy atom. The van der Waals surface area contributed by atoms with Gasteiger partial charge >= 0.3 is 0 Å². The van der Waals surface area contributed by atoms with E-state index in [1.807, 2.05) is 24.3 Å². The first-order chi connectivity index (χ1) is 13.6. The van der Waals surface area contributed by atoms with Gasteiger partial charge in [-0.1, -0.05) is 24.0 Å². The van der Waals surface area contributed by atoms with Gasteiger partial charge in [0.15, 0.2) is 5.96 Å². The molecule has 3 rings (SSSR count). The van der Waals surface area contributed by atoms with Gasteiger partial charge in [0, 0.05) is 11.5 Å². The molecule has 0 heterocycles. The molecule has 0 saturated heterocycles. The monoisotopic (exact) mass is 377 g/mol. The Morgan fingerprint density at radius 3 is 2.18 bits per heavy atom. The normalized spacial score (nSPS) is 14.4. The maximum atomic E-state index is 12.4. The van der Waals surface area contributed by atoms with E-state index in [1.54, 1.807) is 38.5 Å². The summed E-state index contributed by atoms with van der Waals surface area (Å²) in [6.45, 7) is 0. The molecule has 3 N–H and O–H groups in total. The number of carbonyl (C=O) groups excluding carboxylic acids is 1. The van der Waals surface area contributed by atoms with Gasteiger partial charge in [-0.15, -0.1) is 0 Å². The number of nitrogens with one attached hydrogen (secondary N) is 1. The van der Waals surface area contributed by atoms with Crippen LogP contribution < -0.4 is 20.5 Å². The molecule has 144 valence electrons. The summed E-state index contributed by atoms with van der Waals surface area (Å²) in [6, 6.07) is 13.8. The van der Waals surface area contributed by atoms with Gasteiger partial charge in [0.25, 0.3) is 5.91 Å². The van der Waals surface area contributed by atoms with E-state index in [-0.39, 0.29) is 11.9 Å². The van der Waals surface area contributed by atoms with Gasteiger partial charge < -0.3 is 15.2 Å². The third kappa shape index (κ3) is 5.27. The van der Waals surface area contributed by atoms with E-state index in [2.05, 4.69) is 22.2 Å². The molecular formula is C22H23N3O3. The molecule has 1 amide bonds. The predicted molar refractivity (Wildman–Crippen MR) is 108 cm³/mol. The summed E-state index contributed by atoms with van der Waals surface area (Å²) in [5.41, 5.74) is 7.33. The average Bonchev–Trinajstić information content (AvgIpc) is 3.55. The molecule has 0 spiro atoms. The fourth-order valence-corrected chi connectivity index (χ4v) is 2.50. The summed E-state index contributed by atoms with van der Waals surface area (Å²) in [5.74, 6) is 7.93. The minimum atomic E-state index is -0.456. The van der Waals surface area contributed by atoms with Gasteiger partial charge in [-0.3, -0.25) is 10.1 Å². The number of benzene rings is 2. The minimum absolute atomic E-state index is 0.0201. The number of ether oxygens (including phenoxy) is 2. The van der Waals surface area contributed by atoms with Crippen molar-refractivity contribution < 1.29 is 14.3 Å². The van der Waals surface area contributed by atoms with Crippen LogP contribution in [0.15, 0.2) is 53.5 Å². The highest BCUT2D eigenvalue weighted by Crippen LogP contribution is 2.28. The van der Waals surface area contributed by atoms with Crippen molar-refractivity contribution >= 4 is 11.9 Å². The maximum Gasteiger partial charge on any atom is 0.257 e. The summed E-state index contributed by atoms with van der Waals surface area (Å²) in [6.07, 6.45) is 2.24. The molecule has 1 aliphatic rings. The Balaban J connectivity index is 1.75. The van der Waals surface area contributed by atoms with E-state index >= 15 is 0 Å². The molecule has 2 aromatic rings. The van der Waals surface area contributed by atoms with Crippen molar-refractivity contribution in [3.63, 3.8) is 0 Å². The average molecular weight is 377 g/mol. The molecule has 0 bridgehead atoms. The third-order valence-electron chi connectivity index (χ3n) is 4.30. The van der Waals surface area contributed by atoms with Crippen molar-refractivity contribution in [3.8, 4) is 23.3 Å². The zero-order chi connectivity index (χ0) is 19.9. The van der Waals surface area contributed by atoms with Gasteiger partial charge in [-0.05, 0) is 54.8 Å². The van der Waals surface area contributed by atoms with Crippen molar-refractivity contribution in [1.82, 2.24) is 5.32 Å². The van der Waals surface area contributed by atoms with Gasteiger partial charge in [-0.25, -0.2) is 4.99 Å². The van der Waals surface area contributed by atoms with Crippen molar-refractivity contribution in [2.45, 2.75) is 18.9 Å². The summed E-state index contributed by atoms with van der Waals surface area (Å²) < 4.78 is 10.3. The fraction of sp³-hybridized carbons (Fsp3) is 0.273. The highest BCUT2D eigenvalue weighted by Gasteiger charge is 2.19. The van der Waals surface area contributed by atoms with Crippen LogP contribution in [0.2, 0.25) is 0 Å². The van der Waals surface area contributed by atoms with E-state index in [1.165, 1.54) is 0 Å². The van der Waals surface area contributed by atoms with Crippen LogP contribution in [0.25, 0.3) is 0 Å². The second-order valence-electron chi connectivity index (χ2n) is 6.44. The first-order valence-electron chi connectivity index (χ1n) is 9.02. The Morgan fingerprint density at radius 2 is 1.64 bits per heavy atom. The Hall–Kier alpha value is -3.46. The second kappa shape index (κ2) is 8.96. The molecule has 0 aromatic heterocycles. The second-order valence-corrected chi connectivity index (χ2v) is 6.44. The van der Waals surface area contributed by atoms with Crippen molar-refractivity contribution in [3.05, 3.63) is 59.7 Å². The summed E-state index contributed by atoms with van der Waals surface area (Å²) >= 11 is 0. The van der Waals surface area contributed by atoms with E-state index in [9.17, 15) is 4.79 Å². The predicted octanol–water partition coefficient (Wildman–Crippen LogP) is 2.90. The van der Waals surface area contributed by atoms with Crippen LogP contribution in [0.1, 0.15) is 34.8 Å². The summed E-state index contributed by atoms with van der Waals surface area (Å²) in [7, 11) is 3.19. The summed E-state index contributed by atoms with van der Waals surface area (Å²) in [5, 5.41) is 2.62. The first kappa shape index (κ1) is 19.3. The van der Waals surface area contributed by atoms with Crippen LogP contribution >= 0.6 is 0 Å². The molecule has 1 saturated carbocycles. The van der Waals surface area contributed by atoms with Crippen LogP contribution in [0, 0.1) is 17.8 Å². The van der Waals surface area contributed by atoms with E-state index < -0.39 is 6.04 Å². The van der Waals surface area contributed by atoms with Crippen LogP contribution in [0.5, 0.6) is 11.5 Å². The molecule has 28 heavy (non-hydrogen) atoms. The Labute approximate surface area is 164 Å². The van der Waals surface area contributed by atoms with Gasteiger partial charge in [0.05, 0.1) is 14.2 Å². The van der Waals surface area contributed by atoms with Gasteiger partial charge in [0.2, 0.25) is 0 Å². The number of amides is 1. The van der Waals surface area contributed by atoms with E-state index in [0.29, 0.717) is 17.2 Å². The molecule has 2 aromatic carbocycles. The lowest BCUT2D eigenvalue weighted by atomic mass is 10.1. The molecule has 1 atom stereocenters. The molecule has 6 heteroatoms. The van der Waals surface area contributed by atoms with Crippen LogP contribution in [-0.4, -0.2) is 26.1 Å². The molecule has 6 nitrogen and oxygen atoms in total. The lowest BCUT2D eigenvalue weighted by molar-refractivity contribution is 0.0976. The Kier molecular flexibility index (Phi) is 6.18. The van der Waals surface area contributed by atoms with Crippen LogP contribution in [0.4, 0.5) is 0 Å². The largest absolute Gasteiger partial charge is 0.497 e. The molecule has 1 unspecified atom stereocenters. The number of rotatable bonds is 5. The van der Waals surface area contributed by atoms with Gasteiger partial charge in [-0.2, -0.15) is 0 Å². The third-order valence-corrected chi connectivity index (χ3v) is 4.30. The molecule has 1 aliphatic carbocycles. The maximum absolute atomic E-state index is 12.4. The van der Waals surface area contributed by atoms with Crippen LogP contribution in [-0.2, 0) is 0 Å². The SMILES string of the molecule is COc1ccc(C(=O)NC(N)=NC(C#CC2CC2)c2ccc(OC)cc2)cc1. The number of hydrogen-bond acceptors (Lipinski definition) is 4. The van der Waals surface area contributed by atoms with Crippen molar-refractivity contribution in [2.75, 3.05) is 14.2 Å².